The fraction of sp³-hybridized carbons (Fsp3) is 0.286. The molecule has 1 aromatic carbocycles. The van der Waals surface area contributed by atoms with Crippen molar-refractivity contribution in [3.63, 3.8) is 0 Å². The van der Waals surface area contributed by atoms with Crippen LogP contribution in [0.5, 0.6) is 0 Å². The van der Waals surface area contributed by atoms with Gasteiger partial charge in [-0.25, -0.2) is 8.42 Å². The van der Waals surface area contributed by atoms with Crippen molar-refractivity contribution in [1.29, 1.82) is 0 Å². The summed E-state index contributed by atoms with van der Waals surface area (Å²) >= 11 is 0. The number of hydrogen-bond donors (Lipinski definition) is 1. The zero-order chi connectivity index (χ0) is 18.1. The molecule has 0 saturated heterocycles. The molecule has 0 fully saturated rings. The molecule has 0 unspecified atom stereocenters. The zero-order valence-electron chi connectivity index (χ0n) is 12.8. The average molecular weight is 361 g/mol. The van der Waals surface area contributed by atoms with E-state index in [-0.39, 0.29) is 22.0 Å². The molecule has 0 aliphatic heterocycles. The van der Waals surface area contributed by atoms with Crippen LogP contribution in [-0.4, -0.2) is 29.9 Å². The number of rotatable bonds is 4. The Morgan fingerprint density at radius 1 is 1.29 bits per heavy atom. The molecule has 0 atom stereocenters. The van der Waals surface area contributed by atoms with Gasteiger partial charge in [0.15, 0.2) is 15.5 Å². The van der Waals surface area contributed by atoms with E-state index in [1.165, 1.54) is 38.2 Å². The largest absolute Gasteiger partial charge is 0.435 e. The maximum Gasteiger partial charge on any atom is 0.435 e. The van der Waals surface area contributed by atoms with Crippen LogP contribution in [0.2, 0.25) is 0 Å². The highest BCUT2D eigenvalue weighted by Crippen LogP contribution is 2.29. The quantitative estimate of drug-likeness (QED) is 0.907. The van der Waals surface area contributed by atoms with Crippen molar-refractivity contribution < 1.29 is 26.4 Å². The summed E-state index contributed by atoms with van der Waals surface area (Å²) in [5.74, 6) is -1.02. The minimum Gasteiger partial charge on any atom is -0.307 e. The minimum absolute atomic E-state index is 0.0132. The van der Waals surface area contributed by atoms with Crippen LogP contribution in [0.3, 0.4) is 0 Å². The number of amides is 1. The molecule has 24 heavy (non-hydrogen) atoms. The minimum atomic E-state index is -4.63. The summed E-state index contributed by atoms with van der Waals surface area (Å²) in [5, 5.41) is 5.56. The van der Waals surface area contributed by atoms with Gasteiger partial charge >= 0.3 is 6.18 Å². The standard InChI is InChI=1S/C14H14F3N3O3S/c1-3-24(22,23)10-6-4-5-9(7-10)13(21)18-12-8-11(14(15,16)17)19-20(12)2/h4-8H,3H2,1-2H3,(H,18,21). The van der Waals surface area contributed by atoms with E-state index >= 15 is 0 Å². The molecule has 10 heteroatoms. The highest BCUT2D eigenvalue weighted by Gasteiger charge is 2.34. The Balaban J connectivity index is 2.28. The van der Waals surface area contributed by atoms with Gasteiger partial charge in [-0.3, -0.25) is 9.48 Å². The molecule has 1 amide bonds. The van der Waals surface area contributed by atoms with Crippen LogP contribution >= 0.6 is 0 Å². The first kappa shape index (κ1) is 18.0. The molecular formula is C14H14F3N3O3S. The number of alkyl halides is 3. The number of halogens is 3. The molecule has 130 valence electrons. The Morgan fingerprint density at radius 3 is 2.50 bits per heavy atom. The maximum atomic E-state index is 12.6. The van der Waals surface area contributed by atoms with E-state index in [4.69, 9.17) is 0 Å². The number of sulfone groups is 1. The monoisotopic (exact) mass is 361 g/mol. The summed E-state index contributed by atoms with van der Waals surface area (Å²) in [6.45, 7) is 1.47. The first-order valence-electron chi connectivity index (χ1n) is 6.80. The summed E-state index contributed by atoms with van der Waals surface area (Å²) in [4.78, 5) is 12.1. The molecule has 0 aliphatic carbocycles. The van der Waals surface area contributed by atoms with E-state index in [1.807, 2.05) is 0 Å². The third-order valence-electron chi connectivity index (χ3n) is 3.25. The highest BCUT2D eigenvalue weighted by molar-refractivity contribution is 7.91. The molecule has 6 nitrogen and oxygen atoms in total. The third kappa shape index (κ3) is 3.75. The molecule has 0 saturated carbocycles. The maximum absolute atomic E-state index is 12.6. The van der Waals surface area contributed by atoms with Gasteiger partial charge < -0.3 is 5.32 Å². The predicted molar refractivity (Wildman–Crippen MR) is 80.3 cm³/mol. The van der Waals surface area contributed by atoms with Crippen LogP contribution in [0.15, 0.2) is 35.2 Å². The molecule has 1 heterocycles. The molecule has 1 aromatic heterocycles. The number of anilines is 1. The van der Waals surface area contributed by atoms with Crippen LogP contribution in [0.1, 0.15) is 23.0 Å². The van der Waals surface area contributed by atoms with Gasteiger partial charge in [0.1, 0.15) is 5.82 Å². The van der Waals surface area contributed by atoms with Gasteiger partial charge in [-0.2, -0.15) is 18.3 Å². The molecule has 1 N–H and O–H groups in total. The van der Waals surface area contributed by atoms with E-state index in [0.717, 1.165) is 4.68 Å². The van der Waals surface area contributed by atoms with Crippen LogP contribution in [0.4, 0.5) is 19.0 Å². The van der Waals surface area contributed by atoms with Crippen LogP contribution in [0, 0.1) is 0 Å². The lowest BCUT2D eigenvalue weighted by Gasteiger charge is -2.07. The summed E-state index contributed by atoms with van der Waals surface area (Å²) in [5.41, 5.74) is -1.12. The van der Waals surface area contributed by atoms with Gasteiger partial charge in [-0.15, -0.1) is 0 Å². The second-order valence-electron chi connectivity index (χ2n) is 4.92. The average Bonchev–Trinajstić information content (AvgIpc) is 2.88. The number of aryl methyl sites for hydroxylation is 1. The van der Waals surface area contributed by atoms with Gasteiger partial charge in [-0.1, -0.05) is 13.0 Å². The van der Waals surface area contributed by atoms with Gasteiger partial charge in [0, 0.05) is 18.7 Å². The fourth-order valence-electron chi connectivity index (χ4n) is 1.91. The van der Waals surface area contributed by atoms with Gasteiger partial charge in [-0.05, 0) is 18.2 Å². The molecule has 2 aromatic rings. The van der Waals surface area contributed by atoms with Gasteiger partial charge in [0.2, 0.25) is 0 Å². The molecule has 0 bridgehead atoms. The summed E-state index contributed by atoms with van der Waals surface area (Å²) in [7, 11) is -2.24. The number of carbonyl (C=O) groups is 1. The van der Waals surface area contributed by atoms with Gasteiger partial charge in [0.05, 0.1) is 10.6 Å². The number of benzene rings is 1. The van der Waals surface area contributed by atoms with Crippen molar-refractivity contribution in [2.24, 2.45) is 7.05 Å². The number of hydrogen-bond acceptors (Lipinski definition) is 4. The summed E-state index contributed by atoms with van der Waals surface area (Å²) < 4.78 is 62.4. The normalized spacial score (nSPS) is 12.2. The Labute approximate surface area is 136 Å². The van der Waals surface area contributed by atoms with Crippen LogP contribution in [0.25, 0.3) is 0 Å². The van der Waals surface area contributed by atoms with Crippen LogP contribution < -0.4 is 5.32 Å². The Kier molecular flexibility index (Phi) is 4.70. The smallest absolute Gasteiger partial charge is 0.307 e. The third-order valence-corrected chi connectivity index (χ3v) is 4.98. The van der Waals surface area contributed by atoms with Crippen molar-refractivity contribution in [2.75, 3.05) is 11.1 Å². The Bertz CT molecular complexity index is 873. The number of aromatic nitrogens is 2. The number of carbonyl (C=O) groups excluding carboxylic acids is 1. The highest BCUT2D eigenvalue weighted by atomic mass is 32.2. The van der Waals surface area contributed by atoms with Crippen molar-refractivity contribution in [2.45, 2.75) is 18.0 Å². The summed E-state index contributed by atoms with van der Waals surface area (Å²) in [6, 6.07) is 5.98. The second kappa shape index (κ2) is 6.27. The number of nitrogens with zero attached hydrogens (tertiary/aromatic N) is 2. The lowest BCUT2D eigenvalue weighted by Crippen LogP contribution is -2.15. The zero-order valence-corrected chi connectivity index (χ0v) is 13.6. The van der Waals surface area contributed by atoms with Crippen molar-refractivity contribution in [1.82, 2.24) is 9.78 Å². The van der Waals surface area contributed by atoms with E-state index in [9.17, 15) is 26.4 Å². The predicted octanol–water partition coefficient (Wildman–Crippen LogP) is 2.48. The first-order valence-corrected chi connectivity index (χ1v) is 8.45. The Hall–Kier alpha value is -2.36. The first-order chi connectivity index (χ1) is 11.0. The second-order valence-corrected chi connectivity index (χ2v) is 7.20. The fourth-order valence-corrected chi connectivity index (χ4v) is 2.83. The Morgan fingerprint density at radius 2 is 1.96 bits per heavy atom. The summed E-state index contributed by atoms with van der Waals surface area (Å²) in [6.07, 6.45) is -4.63. The molecule has 2 rings (SSSR count). The van der Waals surface area contributed by atoms with Crippen molar-refractivity contribution in [3.05, 3.63) is 41.6 Å². The molecular weight excluding hydrogens is 347 g/mol. The van der Waals surface area contributed by atoms with E-state index in [1.54, 1.807) is 0 Å². The van der Waals surface area contributed by atoms with E-state index in [2.05, 4.69) is 10.4 Å². The topological polar surface area (TPSA) is 81.1 Å². The molecule has 0 aliphatic rings. The SMILES string of the molecule is CCS(=O)(=O)c1cccc(C(=O)Nc2cc(C(F)(F)F)nn2C)c1. The number of nitrogens with one attached hydrogen (secondary N) is 1. The van der Waals surface area contributed by atoms with E-state index in [0.29, 0.717) is 6.07 Å². The molecule has 0 spiro atoms. The lowest BCUT2D eigenvalue weighted by molar-refractivity contribution is -0.141. The lowest BCUT2D eigenvalue weighted by atomic mass is 10.2. The molecule has 0 radical (unpaired) electrons. The van der Waals surface area contributed by atoms with Crippen molar-refractivity contribution in [3.8, 4) is 0 Å². The van der Waals surface area contributed by atoms with Gasteiger partial charge in [0.25, 0.3) is 5.91 Å². The van der Waals surface area contributed by atoms with Crippen LogP contribution in [-0.2, 0) is 23.1 Å². The van der Waals surface area contributed by atoms with E-state index < -0.39 is 27.6 Å². The van der Waals surface area contributed by atoms with Crippen molar-refractivity contribution >= 4 is 21.6 Å².